The predicted octanol–water partition coefficient (Wildman–Crippen LogP) is 1.22. The zero-order chi connectivity index (χ0) is 18.3. The van der Waals surface area contributed by atoms with Crippen molar-refractivity contribution in [2.75, 3.05) is 38.2 Å². The molecule has 140 valence electrons. The smallest absolute Gasteiger partial charge is 0.321 e. The van der Waals surface area contributed by atoms with Crippen LogP contribution in [0.4, 0.5) is 10.5 Å². The molecule has 26 heavy (non-hydrogen) atoms. The van der Waals surface area contributed by atoms with Gasteiger partial charge < -0.3 is 20.1 Å². The molecule has 1 aromatic rings. The summed E-state index contributed by atoms with van der Waals surface area (Å²) in [4.78, 5) is 28.2. The van der Waals surface area contributed by atoms with Gasteiger partial charge in [0.15, 0.2) is 0 Å². The molecule has 2 N–H and O–H groups in total. The summed E-state index contributed by atoms with van der Waals surface area (Å²) in [6, 6.07) is 7.12. The Morgan fingerprint density at radius 3 is 2.69 bits per heavy atom. The predicted molar refractivity (Wildman–Crippen MR) is 96.2 cm³/mol. The Kier molecular flexibility index (Phi) is 4.36. The van der Waals surface area contributed by atoms with Gasteiger partial charge in [-0.25, -0.2) is 4.79 Å². The summed E-state index contributed by atoms with van der Waals surface area (Å²) in [6.45, 7) is 2.46. The second kappa shape index (κ2) is 6.55. The minimum Gasteiger partial charge on any atom is -0.392 e. The molecule has 2 unspecified atom stereocenters. The third-order valence-electron chi connectivity index (χ3n) is 6.27. The summed E-state index contributed by atoms with van der Waals surface area (Å²) in [5, 5.41) is 13.0. The lowest BCUT2D eigenvalue weighted by molar-refractivity contribution is -0.199. The van der Waals surface area contributed by atoms with Crippen LogP contribution < -0.4 is 10.2 Å². The Hall–Kier alpha value is -2.12. The van der Waals surface area contributed by atoms with E-state index in [0.717, 1.165) is 18.5 Å². The number of likely N-dealkylation sites (tertiary alicyclic amines) is 1. The number of aliphatic hydroxyl groups excluding tert-OH is 1. The molecule has 2 atom stereocenters. The van der Waals surface area contributed by atoms with Crippen LogP contribution in [-0.2, 0) is 4.74 Å². The average molecular weight is 359 g/mol. The molecule has 1 aliphatic carbocycles. The van der Waals surface area contributed by atoms with Crippen molar-refractivity contribution in [2.45, 2.75) is 31.5 Å². The summed E-state index contributed by atoms with van der Waals surface area (Å²) in [6.07, 6.45) is 1.96. The van der Waals surface area contributed by atoms with E-state index in [1.165, 1.54) is 0 Å². The molecule has 1 saturated carbocycles. The first-order valence-corrected chi connectivity index (χ1v) is 9.21. The quantitative estimate of drug-likeness (QED) is 0.850. The van der Waals surface area contributed by atoms with Crippen molar-refractivity contribution in [1.82, 2.24) is 10.2 Å². The number of urea groups is 1. The lowest BCUT2D eigenvalue weighted by atomic mass is 9.58. The lowest BCUT2D eigenvalue weighted by Crippen LogP contribution is -2.62. The van der Waals surface area contributed by atoms with Crippen LogP contribution in [0.5, 0.6) is 0 Å². The molecule has 0 aromatic heterocycles. The van der Waals surface area contributed by atoms with Gasteiger partial charge in [-0.15, -0.1) is 0 Å². The van der Waals surface area contributed by atoms with Crippen molar-refractivity contribution in [3.63, 3.8) is 0 Å². The summed E-state index contributed by atoms with van der Waals surface area (Å²) < 4.78 is 5.51. The highest BCUT2D eigenvalue weighted by Gasteiger charge is 2.56. The molecule has 0 radical (unpaired) electrons. The number of piperidine rings is 1. The van der Waals surface area contributed by atoms with E-state index in [2.05, 4.69) is 5.32 Å². The molecule has 2 saturated heterocycles. The molecule has 4 rings (SSSR count). The first-order valence-electron chi connectivity index (χ1n) is 9.21. The van der Waals surface area contributed by atoms with Crippen LogP contribution in [0.15, 0.2) is 24.3 Å². The maximum atomic E-state index is 12.9. The molecule has 3 amide bonds. The third kappa shape index (κ3) is 2.66. The summed E-state index contributed by atoms with van der Waals surface area (Å²) >= 11 is 0. The number of nitrogens with one attached hydrogen (secondary N) is 1. The Morgan fingerprint density at radius 2 is 2.08 bits per heavy atom. The van der Waals surface area contributed by atoms with Gasteiger partial charge in [-0.1, -0.05) is 6.07 Å². The van der Waals surface area contributed by atoms with E-state index in [1.807, 2.05) is 17.0 Å². The maximum absolute atomic E-state index is 12.9. The fourth-order valence-corrected chi connectivity index (χ4v) is 4.55. The van der Waals surface area contributed by atoms with Crippen LogP contribution in [0, 0.1) is 5.41 Å². The van der Waals surface area contributed by atoms with Crippen molar-refractivity contribution in [3.05, 3.63) is 29.8 Å². The topological polar surface area (TPSA) is 82.1 Å². The molecule has 2 heterocycles. The highest BCUT2D eigenvalue weighted by Crippen LogP contribution is 2.50. The van der Waals surface area contributed by atoms with Gasteiger partial charge in [0.1, 0.15) is 0 Å². The number of hydrogen-bond donors (Lipinski definition) is 2. The Morgan fingerprint density at radius 1 is 1.31 bits per heavy atom. The number of carbonyl (C=O) groups excluding carboxylic acids is 2. The standard InChI is InChI=1S/C19H25N3O4/c1-26-16-12-15(23)19(16)5-8-21(9-6-19)17(24)13-3-2-4-14(11-13)22-10-7-20-18(22)25/h2-4,11,15-16,23H,5-10,12H2,1H3,(H,20,25). The van der Waals surface area contributed by atoms with Crippen LogP contribution in [0.25, 0.3) is 0 Å². The van der Waals surface area contributed by atoms with E-state index in [1.54, 1.807) is 24.1 Å². The second-order valence-electron chi connectivity index (χ2n) is 7.44. The van der Waals surface area contributed by atoms with Crippen molar-refractivity contribution < 1.29 is 19.4 Å². The summed E-state index contributed by atoms with van der Waals surface area (Å²) in [5.41, 5.74) is 1.14. The van der Waals surface area contributed by atoms with Gasteiger partial charge in [0.25, 0.3) is 5.91 Å². The molecule has 0 bridgehead atoms. The SMILES string of the molecule is COC1CC(O)C12CCN(C(=O)c1cccc(N3CCNC3=O)c1)CC2. The number of nitrogens with zero attached hydrogens (tertiary/aromatic N) is 2. The Balaban J connectivity index is 1.45. The van der Waals surface area contributed by atoms with Crippen LogP contribution in [0.2, 0.25) is 0 Å². The van der Waals surface area contributed by atoms with E-state index >= 15 is 0 Å². The van der Waals surface area contributed by atoms with Gasteiger partial charge in [0, 0.05) is 56.4 Å². The number of benzene rings is 1. The van der Waals surface area contributed by atoms with E-state index in [0.29, 0.717) is 38.2 Å². The minimum absolute atomic E-state index is 0.0240. The average Bonchev–Trinajstić information content (AvgIpc) is 3.11. The lowest BCUT2D eigenvalue weighted by Gasteiger charge is -2.56. The minimum atomic E-state index is -0.332. The van der Waals surface area contributed by atoms with Crippen LogP contribution in [0.1, 0.15) is 29.6 Å². The van der Waals surface area contributed by atoms with Crippen LogP contribution >= 0.6 is 0 Å². The zero-order valence-corrected chi connectivity index (χ0v) is 15.0. The molecule has 1 spiro atoms. The van der Waals surface area contributed by atoms with Gasteiger partial charge in [0.2, 0.25) is 0 Å². The number of carbonyl (C=O) groups is 2. The normalized spacial score (nSPS) is 27.4. The van der Waals surface area contributed by atoms with Crippen molar-refractivity contribution in [2.24, 2.45) is 5.41 Å². The van der Waals surface area contributed by atoms with Gasteiger partial charge in [-0.2, -0.15) is 0 Å². The molecular formula is C19H25N3O4. The van der Waals surface area contributed by atoms with E-state index in [4.69, 9.17) is 4.74 Å². The van der Waals surface area contributed by atoms with Gasteiger partial charge in [-0.05, 0) is 31.0 Å². The first-order chi connectivity index (χ1) is 12.5. The van der Waals surface area contributed by atoms with Crippen LogP contribution in [-0.4, -0.2) is 67.4 Å². The van der Waals surface area contributed by atoms with Gasteiger partial charge in [0.05, 0.1) is 12.2 Å². The monoisotopic (exact) mass is 359 g/mol. The largest absolute Gasteiger partial charge is 0.392 e. The van der Waals surface area contributed by atoms with Crippen LogP contribution in [0.3, 0.4) is 0 Å². The molecule has 2 aliphatic heterocycles. The van der Waals surface area contributed by atoms with Crippen molar-refractivity contribution >= 4 is 17.6 Å². The number of ether oxygens (including phenoxy) is 1. The fraction of sp³-hybridized carbons (Fsp3) is 0.579. The van der Waals surface area contributed by atoms with E-state index in [-0.39, 0.29) is 29.6 Å². The molecule has 1 aromatic carbocycles. The number of anilines is 1. The highest BCUT2D eigenvalue weighted by molar-refractivity contribution is 5.98. The second-order valence-corrected chi connectivity index (χ2v) is 7.44. The molecule has 3 fully saturated rings. The van der Waals surface area contributed by atoms with Crippen molar-refractivity contribution in [1.29, 1.82) is 0 Å². The zero-order valence-electron chi connectivity index (χ0n) is 15.0. The number of methoxy groups -OCH3 is 1. The van der Waals surface area contributed by atoms with Crippen molar-refractivity contribution in [3.8, 4) is 0 Å². The molecular weight excluding hydrogens is 334 g/mol. The summed E-state index contributed by atoms with van der Waals surface area (Å²) in [7, 11) is 1.69. The van der Waals surface area contributed by atoms with Gasteiger partial charge >= 0.3 is 6.03 Å². The van der Waals surface area contributed by atoms with E-state index < -0.39 is 0 Å². The number of amides is 3. The van der Waals surface area contributed by atoms with E-state index in [9.17, 15) is 14.7 Å². The number of rotatable bonds is 3. The third-order valence-corrected chi connectivity index (χ3v) is 6.27. The Labute approximate surface area is 152 Å². The molecule has 3 aliphatic rings. The number of aliphatic hydroxyl groups is 1. The molecule has 7 nitrogen and oxygen atoms in total. The maximum Gasteiger partial charge on any atom is 0.321 e. The summed E-state index contributed by atoms with van der Waals surface area (Å²) in [5.74, 6) is -0.0240. The highest BCUT2D eigenvalue weighted by atomic mass is 16.5. The fourth-order valence-electron chi connectivity index (χ4n) is 4.55. The Bertz CT molecular complexity index is 714. The van der Waals surface area contributed by atoms with Gasteiger partial charge in [-0.3, -0.25) is 9.69 Å². The molecule has 7 heteroatoms. The first kappa shape index (κ1) is 17.3. The number of hydrogen-bond acceptors (Lipinski definition) is 4.